The van der Waals surface area contributed by atoms with Crippen LogP contribution in [0.3, 0.4) is 0 Å². The van der Waals surface area contributed by atoms with Gasteiger partial charge in [-0.3, -0.25) is 4.79 Å². The van der Waals surface area contributed by atoms with Crippen LogP contribution in [0, 0.1) is 5.82 Å². The largest absolute Gasteiger partial charge is 0.351 e. The van der Waals surface area contributed by atoms with Crippen molar-refractivity contribution in [2.24, 2.45) is 0 Å². The maximum Gasteiger partial charge on any atom is 0.275 e. The van der Waals surface area contributed by atoms with E-state index >= 15 is 0 Å². The monoisotopic (exact) mass is 361 g/mol. The van der Waals surface area contributed by atoms with Gasteiger partial charge in [-0.05, 0) is 36.2 Å². The molecule has 2 aromatic carbocycles. The molecule has 132 valence electrons. The van der Waals surface area contributed by atoms with Crippen molar-refractivity contribution in [3.8, 4) is 0 Å². The predicted octanol–water partition coefficient (Wildman–Crippen LogP) is 2.39. The van der Waals surface area contributed by atoms with Gasteiger partial charge in [-0.1, -0.05) is 35.9 Å². The number of hydrogen-bond acceptors (Lipinski definition) is 1. The number of benzene rings is 2. The molecular formula is C20H23ClFN2O+. The lowest BCUT2D eigenvalue weighted by Crippen LogP contribution is -3.13. The lowest BCUT2D eigenvalue weighted by molar-refractivity contribution is -0.917. The Hall–Kier alpha value is -1.91. The molecule has 0 saturated heterocycles. The Morgan fingerprint density at radius 1 is 1.16 bits per heavy atom. The first-order chi connectivity index (χ1) is 12.1. The van der Waals surface area contributed by atoms with Gasteiger partial charge in [0, 0.05) is 30.0 Å². The second-order valence-corrected chi connectivity index (χ2v) is 7.08. The molecule has 0 spiro atoms. The molecule has 0 radical (unpaired) electrons. The fourth-order valence-electron chi connectivity index (χ4n) is 3.01. The summed E-state index contributed by atoms with van der Waals surface area (Å²) >= 11 is 5.97. The molecule has 25 heavy (non-hydrogen) atoms. The molecule has 1 aliphatic rings. The Bertz CT molecular complexity index is 716. The Morgan fingerprint density at radius 2 is 1.92 bits per heavy atom. The minimum absolute atomic E-state index is 0.0611. The quantitative estimate of drug-likeness (QED) is 0.743. The average Bonchev–Trinajstić information content (AvgIpc) is 3.41. The van der Waals surface area contributed by atoms with Gasteiger partial charge >= 0.3 is 0 Å². The maximum absolute atomic E-state index is 13.0. The molecule has 3 rings (SSSR count). The smallest absolute Gasteiger partial charge is 0.275 e. The van der Waals surface area contributed by atoms with E-state index in [1.807, 2.05) is 24.3 Å². The minimum atomic E-state index is -0.226. The first-order valence-corrected chi connectivity index (χ1v) is 9.08. The summed E-state index contributed by atoms with van der Waals surface area (Å²) in [5, 5.41) is 3.71. The lowest BCUT2D eigenvalue weighted by atomic mass is 10.1. The first-order valence-electron chi connectivity index (χ1n) is 8.70. The molecule has 1 aliphatic carbocycles. The van der Waals surface area contributed by atoms with E-state index in [0.29, 0.717) is 24.2 Å². The van der Waals surface area contributed by atoms with Crippen LogP contribution in [0.4, 0.5) is 4.39 Å². The van der Waals surface area contributed by atoms with E-state index in [9.17, 15) is 9.18 Å². The van der Waals surface area contributed by atoms with Crippen molar-refractivity contribution in [3.63, 3.8) is 0 Å². The molecule has 1 unspecified atom stereocenters. The highest BCUT2D eigenvalue weighted by Crippen LogP contribution is 2.16. The molecule has 1 atom stereocenters. The van der Waals surface area contributed by atoms with Gasteiger partial charge in [0.05, 0.1) is 6.04 Å². The highest BCUT2D eigenvalue weighted by Gasteiger charge is 2.34. The zero-order valence-electron chi connectivity index (χ0n) is 14.1. The van der Waals surface area contributed by atoms with Gasteiger partial charge < -0.3 is 10.2 Å². The van der Waals surface area contributed by atoms with Crippen molar-refractivity contribution in [1.82, 2.24) is 5.32 Å². The number of carbonyl (C=O) groups is 1. The van der Waals surface area contributed by atoms with Crippen LogP contribution < -0.4 is 10.2 Å². The van der Waals surface area contributed by atoms with Crippen molar-refractivity contribution in [3.05, 3.63) is 70.5 Å². The fourth-order valence-corrected chi connectivity index (χ4v) is 3.23. The van der Waals surface area contributed by atoms with Gasteiger partial charge in [-0.25, -0.2) is 4.39 Å². The van der Waals surface area contributed by atoms with Crippen molar-refractivity contribution < 1.29 is 14.1 Å². The second kappa shape index (κ2) is 8.45. The van der Waals surface area contributed by atoms with E-state index in [1.165, 1.54) is 17.0 Å². The third-order valence-electron chi connectivity index (χ3n) is 4.51. The van der Waals surface area contributed by atoms with Gasteiger partial charge in [0.15, 0.2) is 6.54 Å². The van der Waals surface area contributed by atoms with E-state index in [4.69, 9.17) is 11.6 Å². The van der Waals surface area contributed by atoms with Crippen molar-refractivity contribution in [1.29, 1.82) is 0 Å². The van der Waals surface area contributed by atoms with Crippen LogP contribution in [0.2, 0.25) is 5.02 Å². The van der Waals surface area contributed by atoms with Crippen molar-refractivity contribution >= 4 is 17.5 Å². The first kappa shape index (κ1) is 17.9. The Balaban J connectivity index is 1.46. The number of carbonyl (C=O) groups excluding carboxylic acids is 1. The molecule has 0 aromatic heterocycles. The summed E-state index contributed by atoms with van der Waals surface area (Å²) < 4.78 is 13.0. The van der Waals surface area contributed by atoms with Gasteiger partial charge in [0.2, 0.25) is 0 Å². The number of halogens is 2. The third kappa shape index (κ3) is 5.83. The number of rotatable bonds is 8. The van der Waals surface area contributed by atoms with Gasteiger partial charge in [0.1, 0.15) is 12.4 Å². The number of nitrogens with one attached hydrogen (secondary N) is 2. The molecule has 1 saturated carbocycles. The van der Waals surface area contributed by atoms with Crippen LogP contribution in [0.25, 0.3) is 0 Å². The van der Waals surface area contributed by atoms with Crippen LogP contribution >= 0.6 is 11.6 Å². The number of hydrogen-bond donors (Lipinski definition) is 2. The zero-order chi connectivity index (χ0) is 17.6. The molecule has 5 heteroatoms. The van der Waals surface area contributed by atoms with Crippen molar-refractivity contribution in [2.75, 3.05) is 13.1 Å². The highest BCUT2D eigenvalue weighted by atomic mass is 35.5. The van der Waals surface area contributed by atoms with Gasteiger partial charge in [0.25, 0.3) is 5.91 Å². The topological polar surface area (TPSA) is 33.5 Å². The van der Waals surface area contributed by atoms with Crippen LogP contribution in [-0.2, 0) is 17.8 Å². The Labute approximate surface area is 152 Å². The van der Waals surface area contributed by atoms with Gasteiger partial charge in [-0.2, -0.15) is 0 Å². The highest BCUT2D eigenvalue weighted by molar-refractivity contribution is 6.30. The zero-order valence-corrected chi connectivity index (χ0v) is 14.9. The molecule has 1 fully saturated rings. The van der Waals surface area contributed by atoms with Crippen LogP contribution in [0.5, 0.6) is 0 Å². The van der Waals surface area contributed by atoms with Crippen LogP contribution in [0.1, 0.15) is 24.0 Å². The molecule has 2 aromatic rings. The summed E-state index contributed by atoms with van der Waals surface area (Å²) in [5.74, 6) is -0.165. The van der Waals surface area contributed by atoms with Gasteiger partial charge in [-0.15, -0.1) is 0 Å². The van der Waals surface area contributed by atoms with Crippen LogP contribution in [-0.4, -0.2) is 25.0 Å². The molecule has 3 nitrogen and oxygen atoms in total. The molecule has 1 amide bonds. The molecular weight excluding hydrogens is 339 g/mol. The minimum Gasteiger partial charge on any atom is -0.351 e. The lowest BCUT2D eigenvalue weighted by Gasteiger charge is -2.19. The standard InChI is InChI=1S/C20H22ClFN2O/c21-17-3-1-2-15(12-17)10-11-23-20(25)14-24(19-8-9-19)13-16-4-6-18(22)7-5-16/h1-7,12,19H,8-11,13-14H2,(H,23,25)/p+1. The number of quaternary nitrogens is 1. The fraction of sp³-hybridized carbons (Fsp3) is 0.350. The molecule has 0 aliphatic heterocycles. The summed E-state index contributed by atoms with van der Waals surface area (Å²) in [6.07, 6.45) is 3.08. The number of amides is 1. The Morgan fingerprint density at radius 3 is 2.60 bits per heavy atom. The summed E-state index contributed by atoms with van der Waals surface area (Å²) in [7, 11) is 0. The maximum atomic E-state index is 13.0. The Kier molecular flexibility index (Phi) is 6.05. The predicted molar refractivity (Wildman–Crippen MR) is 97.1 cm³/mol. The SMILES string of the molecule is O=C(C[NH+](Cc1ccc(F)cc1)C1CC1)NCCc1cccc(Cl)c1. The van der Waals surface area contributed by atoms with E-state index in [2.05, 4.69) is 5.32 Å². The summed E-state index contributed by atoms with van der Waals surface area (Å²) in [6, 6.07) is 14.8. The summed E-state index contributed by atoms with van der Waals surface area (Å²) in [4.78, 5) is 13.5. The normalized spacial score (nSPS) is 15.0. The summed E-state index contributed by atoms with van der Waals surface area (Å²) in [6.45, 7) is 1.82. The van der Waals surface area contributed by atoms with E-state index in [1.54, 1.807) is 12.1 Å². The second-order valence-electron chi connectivity index (χ2n) is 6.64. The molecule has 0 bridgehead atoms. The van der Waals surface area contributed by atoms with E-state index in [-0.39, 0.29) is 11.7 Å². The van der Waals surface area contributed by atoms with Crippen molar-refractivity contribution in [2.45, 2.75) is 31.8 Å². The van der Waals surface area contributed by atoms with Crippen LogP contribution in [0.15, 0.2) is 48.5 Å². The third-order valence-corrected chi connectivity index (χ3v) is 4.75. The summed E-state index contributed by atoms with van der Waals surface area (Å²) in [5.41, 5.74) is 2.18. The van der Waals surface area contributed by atoms with E-state index in [0.717, 1.165) is 36.9 Å². The average molecular weight is 362 g/mol. The van der Waals surface area contributed by atoms with E-state index < -0.39 is 0 Å². The molecule has 2 N–H and O–H groups in total. The molecule has 0 heterocycles.